The van der Waals surface area contributed by atoms with Crippen LogP contribution < -0.4 is 8.63 Å². The van der Waals surface area contributed by atoms with Crippen LogP contribution in [0.25, 0.3) is 0 Å². The minimum atomic E-state index is -0.912. The molecule has 1 N–H and O–H groups in total. The lowest BCUT2D eigenvalue weighted by molar-refractivity contribution is 0.135. The van der Waals surface area contributed by atoms with Crippen LogP contribution in [0.2, 0.25) is 0 Å². The Hall–Kier alpha value is -1.50. The molecule has 1 heterocycles. The summed E-state index contributed by atoms with van der Waals surface area (Å²) in [7, 11) is 0. The fraction of sp³-hybridized carbons (Fsp3) is 0.316. The summed E-state index contributed by atoms with van der Waals surface area (Å²) in [5.74, 6) is 0.705. The van der Waals surface area contributed by atoms with E-state index in [1.165, 1.54) is 11.9 Å². The van der Waals surface area contributed by atoms with E-state index in [0.29, 0.717) is 18.0 Å². The smallest absolute Gasteiger partial charge is 0.481 e. The summed E-state index contributed by atoms with van der Waals surface area (Å²) < 4.78 is 6.75. The Bertz CT molecular complexity index is 824. The zero-order valence-electron chi connectivity index (χ0n) is 14.5. The molecule has 0 saturated heterocycles. The van der Waals surface area contributed by atoms with Crippen LogP contribution in [0.1, 0.15) is 26.3 Å². The van der Waals surface area contributed by atoms with E-state index < -0.39 is 6.09 Å². The molecule has 25 heavy (non-hydrogen) atoms. The number of hydrogen-bond acceptors (Lipinski definition) is 3. The van der Waals surface area contributed by atoms with Gasteiger partial charge >= 0.3 is 6.09 Å². The fourth-order valence-electron chi connectivity index (χ4n) is 3.13. The van der Waals surface area contributed by atoms with Crippen LogP contribution in [-0.2, 0) is 6.42 Å². The van der Waals surface area contributed by atoms with E-state index in [0.717, 1.165) is 21.4 Å². The zero-order valence-corrected chi connectivity index (χ0v) is 16.9. The van der Waals surface area contributed by atoms with Crippen molar-refractivity contribution < 1.29 is 14.6 Å². The molecule has 0 spiro atoms. The highest BCUT2D eigenvalue weighted by Crippen LogP contribution is 2.49. The Labute approximate surface area is 160 Å². The van der Waals surface area contributed by atoms with Crippen molar-refractivity contribution in [3.63, 3.8) is 0 Å². The summed E-state index contributed by atoms with van der Waals surface area (Å²) in [6.07, 6.45) is -0.135. The summed E-state index contributed by atoms with van der Waals surface area (Å²) in [4.78, 5) is 13.3. The minimum Gasteiger partial charge on any atom is -0.481 e. The van der Waals surface area contributed by atoms with Crippen molar-refractivity contribution in [2.75, 3.05) is 6.54 Å². The third-order valence-electron chi connectivity index (χ3n) is 4.30. The molecule has 0 bridgehead atoms. The number of quaternary nitrogens is 1. The molecule has 1 atom stereocenters. The molecule has 4 nitrogen and oxygen atoms in total. The maximum Gasteiger partial charge on any atom is 0.531 e. The quantitative estimate of drug-likeness (QED) is 0.493. The van der Waals surface area contributed by atoms with Crippen molar-refractivity contribution in [2.24, 2.45) is 0 Å². The third-order valence-corrected chi connectivity index (χ3v) is 6.73. The minimum absolute atomic E-state index is 0.276. The van der Waals surface area contributed by atoms with Crippen molar-refractivity contribution in [2.45, 2.75) is 37.7 Å². The molecule has 3 rings (SSSR count). The van der Waals surface area contributed by atoms with Gasteiger partial charge in [0.1, 0.15) is 24.1 Å². The van der Waals surface area contributed by atoms with E-state index in [1.807, 2.05) is 63.2 Å². The Balaban J connectivity index is 2.14. The Morgan fingerprint density at radius 2 is 2.00 bits per heavy atom. The first-order chi connectivity index (χ1) is 11.8. The summed E-state index contributed by atoms with van der Waals surface area (Å²) in [5.41, 5.74) is 1.42. The van der Waals surface area contributed by atoms with Crippen molar-refractivity contribution in [3.05, 3.63) is 52.5 Å². The number of carbonyl (C=O) groups is 1. The maximum atomic E-state index is 12.4. The highest BCUT2D eigenvalue weighted by Gasteiger charge is 2.47. The second-order valence-electron chi connectivity index (χ2n) is 6.66. The topological polar surface area (TPSA) is 46.5 Å². The predicted octanol–water partition coefficient (Wildman–Crippen LogP) is 5.88. The molecule has 0 radical (unpaired) electrons. The fourth-order valence-corrected chi connectivity index (χ4v) is 4.71. The Kier molecular flexibility index (Phi) is 4.88. The van der Waals surface area contributed by atoms with Gasteiger partial charge in [0, 0.05) is 22.5 Å². The zero-order chi connectivity index (χ0) is 18.2. The number of hydrogen-bond donors (Lipinski definition) is 1. The monoisotopic (exact) mass is 422 g/mol. The number of carboxylic acid groups (broad SMARTS) is 1. The van der Waals surface area contributed by atoms with Crippen LogP contribution in [0, 0.1) is 0 Å². The van der Waals surface area contributed by atoms with Crippen LogP contribution in [0.15, 0.2) is 51.8 Å². The maximum absolute atomic E-state index is 12.4. The molecule has 0 fully saturated rings. The summed E-state index contributed by atoms with van der Waals surface area (Å²) in [6, 6.07) is 13.5. The van der Waals surface area contributed by atoms with Crippen molar-refractivity contribution >= 4 is 39.7 Å². The van der Waals surface area contributed by atoms with Gasteiger partial charge < -0.3 is 9.84 Å². The number of halogens is 1. The summed E-state index contributed by atoms with van der Waals surface area (Å²) >= 11 is 4.83. The van der Waals surface area contributed by atoms with Crippen molar-refractivity contribution in [1.29, 1.82) is 0 Å². The number of ether oxygens (including phenoxy) is 1. The van der Waals surface area contributed by atoms with Gasteiger partial charge in [0.25, 0.3) is 0 Å². The number of nitrogens with zero attached hydrogens (tertiary/aromatic N) is 1. The first-order valence-electron chi connectivity index (χ1n) is 8.16. The van der Waals surface area contributed by atoms with E-state index in [1.54, 1.807) is 0 Å². The van der Waals surface area contributed by atoms with Gasteiger partial charge in [0.2, 0.25) is 0 Å². The lowest BCUT2D eigenvalue weighted by Gasteiger charge is -2.30. The SMILES string of the molecule is CC[N+](Sc1ccccc1Br)(C(=O)O)c1cccc2c1OC(C)(C)C2. The van der Waals surface area contributed by atoms with Gasteiger partial charge in [-0.25, -0.2) is 0 Å². The number of para-hydroxylation sites is 1. The van der Waals surface area contributed by atoms with Crippen LogP contribution in [-0.4, -0.2) is 23.3 Å². The van der Waals surface area contributed by atoms with E-state index >= 15 is 0 Å². The standard InChI is InChI=1S/C19H20BrNO3S/c1-4-21(18(22)23,25-16-11-6-5-9-14(16)20)15-10-7-8-13-12-19(2,3)24-17(13)15/h5-11H,4,12H2,1-3H3/p+1. The highest BCUT2D eigenvalue weighted by molar-refractivity contribution is 9.10. The van der Waals surface area contributed by atoms with Crippen LogP contribution in [0.3, 0.4) is 0 Å². The van der Waals surface area contributed by atoms with Crippen molar-refractivity contribution in [1.82, 2.24) is 3.89 Å². The number of benzene rings is 2. The van der Waals surface area contributed by atoms with Crippen LogP contribution >= 0.6 is 27.9 Å². The molecule has 6 heteroatoms. The average molecular weight is 423 g/mol. The van der Waals surface area contributed by atoms with Gasteiger partial charge in [-0.2, -0.15) is 4.79 Å². The van der Waals surface area contributed by atoms with Gasteiger partial charge in [-0.3, -0.25) is 0 Å². The number of rotatable bonds is 4. The molecule has 2 aromatic carbocycles. The third kappa shape index (κ3) is 3.30. The summed E-state index contributed by atoms with van der Waals surface area (Å²) in [5, 5.41) is 10.2. The lowest BCUT2D eigenvalue weighted by atomic mass is 10.0. The molecule has 2 aromatic rings. The highest BCUT2D eigenvalue weighted by atomic mass is 79.9. The molecular weight excluding hydrogens is 402 g/mol. The van der Waals surface area contributed by atoms with Gasteiger partial charge in [-0.1, -0.05) is 24.3 Å². The first kappa shape index (κ1) is 18.3. The van der Waals surface area contributed by atoms with Gasteiger partial charge in [0.05, 0.1) is 4.90 Å². The van der Waals surface area contributed by atoms with Crippen LogP contribution in [0.4, 0.5) is 10.5 Å². The second kappa shape index (κ2) is 6.67. The van der Waals surface area contributed by atoms with E-state index in [9.17, 15) is 9.90 Å². The second-order valence-corrected chi connectivity index (χ2v) is 8.76. The predicted molar refractivity (Wildman–Crippen MR) is 105 cm³/mol. The molecular formula is C19H21BrNO3S+. The molecule has 1 amide bonds. The van der Waals surface area contributed by atoms with Crippen LogP contribution in [0.5, 0.6) is 5.75 Å². The Morgan fingerprint density at radius 3 is 2.64 bits per heavy atom. The average Bonchev–Trinajstić information content (AvgIpc) is 2.88. The summed E-state index contributed by atoms with van der Waals surface area (Å²) in [6.45, 7) is 6.33. The lowest BCUT2D eigenvalue weighted by Crippen LogP contribution is -2.47. The molecule has 0 aliphatic carbocycles. The molecule has 0 aromatic heterocycles. The van der Waals surface area contributed by atoms with Gasteiger partial charge in [-0.15, -0.1) is 3.89 Å². The normalized spacial score (nSPS) is 17.4. The molecule has 132 valence electrons. The largest absolute Gasteiger partial charge is 0.531 e. The Morgan fingerprint density at radius 1 is 1.28 bits per heavy atom. The molecule has 1 unspecified atom stereocenters. The van der Waals surface area contributed by atoms with Gasteiger partial charge in [0.15, 0.2) is 11.4 Å². The van der Waals surface area contributed by atoms with Gasteiger partial charge in [-0.05, 0) is 48.8 Å². The molecule has 0 saturated carbocycles. The number of fused-ring (bicyclic) bond motifs is 1. The number of amides is 1. The van der Waals surface area contributed by atoms with E-state index in [2.05, 4.69) is 15.9 Å². The molecule has 1 aliphatic heterocycles. The molecule has 1 aliphatic rings. The first-order valence-corrected chi connectivity index (χ1v) is 9.73. The van der Waals surface area contributed by atoms with E-state index in [4.69, 9.17) is 4.74 Å². The van der Waals surface area contributed by atoms with E-state index in [-0.39, 0.29) is 9.49 Å². The van der Waals surface area contributed by atoms with Crippen molar-refractivity contribution in [3.8, 4) is 5.75 Å².